The molecule has 4 aliphatic rings. The van der Waals surface area contributed by atoms with Crippen LogP contribution in [-0.4, -0.2) is 31.5 Å². The number of amides is 1. The number of ether oxygens (including phenoxy) is 2. The Hall–Kier alpha value is -0.610. The zero-order chi connectivity index (χ0) is 9.60. The van der Waals surface area contributed by atoms with Crippen LogP contribution in [0.25, 0.3) is 0 Å². The summed E-state index contributed by atoms with van der Waals surface area (Å²) in [6, 6.07) is 0. The maximum absolute atomic E-state index is 11.8. The standard InChI is InChI=1S/C10H15NO3/c12-9-8-2-1-7(6-11-9)5-10(8)13-3-4-14-10/h7-8H,1-6H2,(H,11,12)/t7-,8-/m1/s1. The summed E-state index contributed by atoms with van der Waals surface area (Å²) in [5, 5.41) is 2.96. The molecule has 3 saturated heterocycles. The van der Waals surface area contributed by atoms with Crippen molar-refractivity contribution in [3.8, 4) is 0 Å². The van der Waals surface area contributed by atoms with Gasteiger partial charge < -0.3 is 14.8 Å². The molecule has 1 saturated carbocycles. The van der Waals surface area contributed by atoms with Crippen molar-refractivity contribution in [2.75, 3.05) is 19.8 Å². The van der Waals surface area contributed by atoms with Crippen LogP contribution >= 0.6 is 0 Å². The SMILES string of the molecule is O=C1NC[C@@H]2CC[C@H]1C1(C2)OCCO1. The Balaban J connectivity index is 1.94. The summed E-state index contributed by atoms with van der Waals surface area (Å²) >= 11 is 0. The Morgan fingerprint density at radius 2 is 2.07 bits per heavy atom. The van der Waals surface area contributed by atoms with Gasteiger partial charge in [0, 0.05) is 13.0 Å². The zero-order valence-corrected chi connectivity index (χ0v) is 8.12. The molecule has 2 bridgehead atoms. The average molecular weight is 197 g/mol. The van der Waals surface area contributed by atoms with Crippen LogP contribution in [0.5, 0.6) is 0 Å². The maximum Gasteiger partial charge on any atom is 0.228 e. The first-order valence-electron chi connectivity index (χ1n) is 5.36. The molecule has 1 N–H and O–H groups in total. The minimum Gasteiger partial charge on any atom is -0.355 e. The van der Waals surface area contributed by atoms with Crippen molar-refractivity contribution in [2.24, 2.45) is 11.8 Å². The van der Waals surface area contributed by atoms with E-state index in [0.29, 0.717) is 19.1 Å². The Morgan fingerprint density at radius 3 is 2.86 bits per heavy atom. The molecule has 0 aromatic rings. The van der Waals surface area contributed by atoms with E-state index in [4.69, 9.17) is 9.47 Å². The number of hydrogen-bond donors (Lipinski definition) is 1. The zero-order valence-electron chi connectivity index (χ0n) is 8.12. The fourth-order valence-electron chi connectivity index (χ4n) is 2.93. The van der Waals surface area contributed by atoms with Gasteiger partial charge in [0.05, 0.1) is 19.1 Å². The highest BCUT2D eigenvalue weighted by Crippen LogP contribution is 2.44. The van der Waals surface area contributed by atoms with Gasteiger partial charge >= 0.3 is 0 Å². The molecule has 0 unspecified atom stereocenters. The van der Waals surface area contributed by atoms with E-state index in [1.54, 1.807) is 0 Å². The van der Waals surface area contributed by atoms with Crippen molar-refractivity contribution in [1.82, 2.24) is 5.32 Å². The monoisotopic (exact) mass is 197 g/mol. The molecular formula is C10H15NO3. The van der Waals surface area contributed by atoms with Gasteiger partial charge in [-0.2, -0.15) is 0 Å². The number of hydrogen-bond acceptors (Lipinski definition) is 3. The van der Waals surface area contributed by atoms with E-state index in [-0.39, 0.29) is 11.8 Å². The second kappa shape index (κ2) is 2.94. The molecule has 4 heteroatoms. The second-order valence-electron chi connectivity index (χ2n) is 4.45. The normalized spacial score (nSPS) is 39.9. The molecule has 3 heterocycles. The highest BCUT2D eigenvalue weighted by atomic mass is 16.7. The molecule has 1 aliphatic carbocycles. The third kappa shape index (κ3) is 1.10. The largest absolute Gasteiger partial charge is 0.355 e. The smallest absolute Gasteiger partial charge is 0.228 e. The minimum atomic E-state index is -0.566. The first-order chi connectivity index (χ1) is 6.80. The summed E-state index contributed by atoms with van der Waals surface area (Å²) in [5.74, 6) is 0.00944. The summed E-state index contributed by atoms with van der Waals surface area (Å²) in [7, 11) is 0. The van der Waals surface area contributed by atoms with Crippen molar-refractivity contribution in [2.45, 2.75) is 25.0 Å². The van der Waals surface area contributed by atoms with Gasteiger partial charge in [0.25, 0.3) is 0 Å². The molecule has 78 valence electrons. The highest BCUT2D eigenvalue weighted by molar-refractivity contribution is 5.80. The van der Waals surface area contributed by atoms with Crippen LogP contribution in [-0.2, 0) is 14.3 Å². The Kier molecular flexibility index (Phi) is 1.82. The first kappa shape index (κ1) is 8.68. The van der Waals surface area contributed by atoms with Crippen molar-refractivity contribution >= 4 is 5.91 Å². The number of nitrogens with one attached hydrogen (secondary N) is 1. The second-order valence-corrected chi connectivity index (χ2v) is 4.45. The molecule has 1 amide bonds. The van der Waals surface area contributed by atoms with Crippen molar-refractivity contribution in [1.29, 1.82) is 0 Å². The highest BCUT2D eigenvalue weighted by Gasteiger charge is 2.53. The molecular weight excluding hydrogens is 182 g/mol. The Labute approximate surface area is 82.9 Å². The van der Waals surface area contributed by atoms with E-state index in [0.717, 1.165) is 25.8 Å². The predicted molar refractivity (Wildman–Crippen MR) is 48.5 cm³/mol. The Morgan fingerprint density at radius 1 is 1.29 bits per heavy atom. The molecule has 4 fully saturated rings. The van der Waals surface area contributed by atoms with Gasteiger partial charge in [0.1, 0.15) is 0 Å². The van der Waals surface area contributed by atoms with E-state index in [1.165, 1.54) is 0 Å². The minimum absolute atomic E-state index is 0.0799. The lowest BCUT2D eigenvalue weighted by Crippen LogP contribution is -2.47. The average Bonchev–Trinajstić information content (AvgIpc) is 2.50. The van der Waals surface area contributed by atoms with E-state index in [1.807, 2.05) is 0 Å². The molecule has 1 spiro atoms. The van der Waals surface area contributed by atoms with Gasteiger partial charge in [-0.1, -0.05) is 0 Å². The molecule has 0 aromatic heterocycles. The summed E-state index contributed by atoms with van der Waals surface area (Å²) in [5.41, 5.74) is 0. The first-order valence-corrected chi connectivity index (χ1v) is 5.36. The quantitative estimate of drug-likeness (QED) is 0.606. The maximum atomic E-state index is 11.8. The molecule has 4 nitrogen and oxygen atoms in total. The van der Waals surface area contributed by atoms with E-state index >= 15 is 0 Å². The summed E-state index contributed by atoms with van der Waals surface area (Å²) in [4.78, 5) is 11.8. The van der Waals surface area contributed by atoms with Crippen LogP contribution in [0.4, 0.5) is 0 Å². The van der Waals surface area contributed by atoms with E-state index in [2.05, 4.69) is 5.32 Å². The summed E-state index contributed by atoms with van der Waals surface area (Å²) in [6.07, 6.45) is 2.92. The molecule has 14 heavy (non-hydrogen) atoms. The fourth-order valence-corrected chi connectivity index (χ4v) is 2.93. The molecule has 4 rings (SSSR count). The van der Waals surface area contributed by atoms with Crippen LogP contribution in [0.3, 0.4) is 0 Å². The third-order valence-corrected chi connectivity index (χ3v) is 3.63. The molecule has 2 atom stereocenters. The topological polar surface area (TPSA) is 47.6 Å². The lowest BCUT2D eigenvalue weighted by atomic mass is 9.78. The fraction of sp³-hybridized carbons (Fsp3) is 0.900. The van der Waals surface area contributed by atoms with Gasteiger partial charge in [-0.3, -0.25) is 4.79 Å². The van der Waals surface area contributed by atoms with E-state index < -0.39 is 5.79 Å². The van der Waals surface area contributed by atoms with Crippen molar-refractivity contribution in [3.05, 3.63) is 0 Å². The van der Waals surface area contributed by atoms with Crippen LogP contribution < -0.4 is 5.32 Å². The van der Waals surface area contributed by atoms with Gasteiger partial charge in [-0.15, -0.1) is 0 Å². The van der Waals surface area contributed by atoms with Gasteiger partial charge in [0.2, 0.25) is 5.91 Å². The third-order valence-electron chi connectivity index (χ3n) is 3.63. The van der Waals surface area contributed by atoms with Crippen LogP contribution in [0.2, 0.25) is 0 Å². The number of carbonyl (C=O) groups excluding carboxylic acids is 1. The molecule has 0 aromatic carbocycles. The van der Waals surface area contributed by atoms with Gasteiger partial charge in [-0.05, 0) is 18.8 Å². The van der Waals surface area contributed by atoms with Crippen LogP contribution in [0, 0.1) is 11.8 Å². The Bertz CT molecular complexity index is 260. The van der Waals surface area contributed by atoms with Crippen molar-refractivity contribution < 1.29 is 14.3 Å². The number of carbonyl (C=O) groups is 1. The van der Waals surface area contributed by atoms with E-state index in [9.17, 15) is 4.79 Å². The van der Waals surface area contributed by atoms with Gasteiger partial charge in [0.15, 0.2) is 5.79 Å². The summed E-state index contributed by atoms with van der Waals surface area (Å²) in [6.45, 7) is 2.07. The van der Waals surface area contributed by atoms with Crippen LogP contribution in [0.1, 0.15) is 19.3 Å². The molecule has 0 radical (unpaired) electrons. The molecule has 3 aliphatic heterocycles. The lowest BCUT2D eigenvalue weighted by molar-refractivity contribution is -0.214. The van der Waals surface area contributed by atoms with Gasteiger partial charge in [-0.25, -0.2) is 0 Å². The number of rotatable bonds is 0. The van der Waals surface area contributed by atoms with Crippen molar-refractivity contribution in [3.63, 3.8) is 0 Å². The lowest BCUT2D eigenvalue weighted by Gasteiger charge is -2.38. The van der Waals surface area contributed by atoms with Crippen LogP contribution in [0.15, 0.2) is 0 Å². The predicted octanol–water partition coefficient (Wildman–Crippen LogP) is 0.276. The summed E-state index contributed by atoms with van der Waals surface area (Å²) < 4.78 is 11.4. The number of fused-ring (bicyclic) bond motifs is 3.